The number of fused-ring (bicyclic) bond motifs is 1. The maximum absolute atomic E-state index is 12.0. The molecule has 2 N–H and O–H groups in total. The topological polar surface area (TPSA) is 58.2 Å². The van der Waals surface area contributed by atoms with Gasteiger partial charge in [-0.3, -0.25) is 9.59 Å². The number of benzene rings is 1. The van der Waals surface area contributed by atoms with Crippen molar-refractivity contribution in [3.8, 4) is 0 Å². The Bertz CT molecular complexity index is 615. The minimum absolute atomic E-state index is 0.0244. The van der Waals surface area contributed by atoms with E-state index in [1.807, 2.05) is 19.1 Å². The van der Waals surface area contributed by atoms with E-state index in [0.717, 1.165) is 17.7 Å². The van der Waals surface area contributed by atoms with Crippen molar-refractivity contribution in [2.75, 3.05) is 11.9 Å². The van der Waals surface area contributed by atoms with Crippen LogP contribution in [0.15, 0.2) is 42.0 Å². The highest BCUT2D eigenvalue weighted by Crippen LogP contribution is 2.23. The number of amides is 2. The zero-order valence-corrected chi connectivity index (χ0v) is 12.4. The van der Waals surface area contributed by atoms with Crippen molar-refractivity contribution in [3.63, 3.8) is 0 Å². The molecule has 2 rings (SSSR count). The Kier molecular flexibility index (Phi) is 4.93. The molecule has 2 amide bonds. The lowest BCUT2D eigenvalue weighted by Crippen LogP contribution is -2.23. The molecular formula is C17H20N2O2. The van der Waals surface area contributed by atoms with Gasteiger partial charge in [-0.25, -0.2) is 0 Å². The molecule has 0 aliphatic carbocycles. The van der Waals surface area contributed by atoms with Crippen molar-refractivity contribution in [1.29, 1.82) is 0 Å². The molecule has 1 aliphatic heterocycles. The maximum atomic E-state index is 12.0. The first-order valence-electron chi connectivity index (χ1n) is 7.14. The Labute approximate surface area is 124 Å². The summed E-state index contributed by atoms with van der Waals surface area (Å²) in [6.07, 6.45) is 7.40. The molecule has 110 valence electrons. The number of hydrogen-bond donors (Lipinski definition) is 2. The Morgan fingerprint density at radius 1 is 1.43 bits per heavy atom. The van der Waals surface area contributed by atoms with Crippen molar-refractivity contribution in [2.24, 2.45) is 0 Å². The normalized spacial score (nSPS) is 14.2. The average molecular weight is 284 g/mol. The fourth-order valence-electron chi connectivity index (χ4n) is 2.26. The van der Waals surface area contributed by atoms with Crippen LogP contribution in [0.25, 0.3) is 0 Å². The van der Waals surface area contributed by atoms with E-state index >= 15 is 0 Å². The first-order valence-corrected chi connectivity index (χ1v) is 7.14. The van der Waals surface area contributed by atoms with Gasteiger partial charge in [-0.05, 0) is 37.1 Å². The minimum Gasteiger partial charge on any atom is -0.349 e. The molecule has 0 aromatic heterocycles. The highest BCUT2D eigenvalue weighted by molar-refractivity contribution is 6.01. The molecule has 0 atom stereocenters. The number of allylic oxidation sites excluding steroid dienone is 3. The Balaban J connectivity index is 1.91. The quantitative estimate of drug-likeness (QED) is 0.817. The molecule has 0 unspecified atom stereocenters. The van der Waals surface area contributed by atoms with E-state index in [1.54, 1.807) is 18.2 Å². The van der Waals surface area contributed by atoms with E-state index in [2.05, 4.69) is 23.6 Å². The summed E-state index contributed by atoms with van der Waals surface area (Å²) in [6.45, 7) is 4.61. The molecule has 21 heavy (non-hydrogen) atoms. The molecular weight excluding hydrogens is 264 g/mol. The summed E-state index contributed by atoms with van der Waals surface area (Å²) in [7, 11) is 0. The number of anilines is 1. The molecule has 1 aliphatic rings. The monoisotopic (exact) mass is 284 g/mol. The van der Waals surface area contributed by atoms with Gasteiger partial charge in [0.25, 0.3) is 5.91 Å². The lowest BCUT2D eigenvalue weighted by Gasteiger charge is -2.04. The maximum Gasteiger partial charge on any atom is 0.251 e. The summed E-state index contributed by atoms with van der Waals surface area (Å²) in [6, 6.07) is 5.28. The third-order valence-electron chi connectivity index (χ3n) is 3.28. The molecule has 0 spiro atoms. The fourth-order valence-corrected chi connectivity index (χ4v) is 2.26. The second kappa shape index (κ2) is 6.88. The number of nitrogens with one attached hydrogen (secondary N) is 2. The van der Waals surface area contributed by atoms with Crippen LogP contribution in [0, 0.1) is 0 Å². The number of hydrogen-bond acceptors (Lipinski definition) is 2. The fraction of sp³-hybridized carbons (Fsp3) is 0.294. The average Bonchev–Trinajstić information content (AvgIpc) is 2.82. The van der Waals surface area contributed by atoms with Crippen molar-refractivity contribution >= 4 is 17.5 Å². The van der Waals surface area contributed by atoms with E-state index in [-0.39, 0.29) is 11.8 Å². The van der Waals surface area contributed by atoms with E-state index < -0.39 is 0 Å². The van der Waals surface area contributed by atoms with Crippen LogP contribution < -0.4 is 10.6 Å². The summed E-state index contributed by atoms with van der Waals surface area (Å²) >= 11 is 0. The minimum atomic E-state index is -0.126. The smallest absolute Gasteiger partial charge is 0.251 e. The van der Waals surface area contributed by atoms with Crippen LogP contribution in [-0.4, -0.2) is 18.4 Å². The number of rotatable bonds is 5. The lowest BCUT2D eigenvalue weighted by atomic mass is 10.1. The van der Waals surface area contributed by atoms with Gasteiger partial charge in [-0.2, -0.15) is 0 Å². The van der Waals surface area contributed by atoms with Crippen molar-refractivity contribution < 1.29 is 9.59 Å². The summed E-state index contributed by atoms with van der Waals surface area (Å²) < 4.78 is 0. The molecule has 4 nitrogen and oxygen atoms in total. The zero-order valence-electron chi connectivity index (χ0n) is 12.4. The largest absolute Gasteiger partial charge is 0.349 e. The summed E-state index contributed by atoms with van der Waals surface area (Å²) in [5, 5.41) is 5.59. The first-order chi connectivity index (χ1) is 10.1. The van der Waals surface area contributed by atoms with Crippen LogP contribution in [0.4, 0.5) is 5.69 Å². The van der Waals surface area contributed by atoms with Gasteiger partial charge >= 0.3 is 0 Å². The van der Waals surface area contributed by atoms with E-state index in [0.29, 0.717) is 18.5 Å². The van der Waals surface area contributed by atoms with Gasteiger partial charge in [0.1, 0.15) is 0 Å². The molecule has 0 saturated carbocycles. The standard InChI is InChI=1S/C17H20N2O2/c1-3-5-12(2)6-4-9-18-17(21)13-7-8-15-14(10-13)11-16(20)19-15/h4-8,10H,3,9,11H2,1-2H3,(H,18,21)(H,19,20)/b6-4-,12-5+. The van der Waals surface area contributed by atoms with E-state index in [1.165, 1.54) is 5.57 Å². The van der Waals surface area contributed by atoms with Crippen LogP contribution in [0.5, 0.6) is 0 Å². The molecule has 1 aromatic carbocycles. The summed E-state index contributed by atoms with van der Waals surface area (Å²) in [5.41, 5.74) is 3.45. The van der Waals surface area contributed by atoms with Crippen LogP contribution in [0.3, 0.4) is 0 Å². The van der Waals surface area contributed by atoms with Crippen LogP contribution >= 0.6 is 0 Å². The van der Waals surface area contributed by atoms with Gasteiger partial charge in [0.05, 0.1) is 6.42 Å². The van der Waals surface area contributed by atoms with Crippen molar-refractivity contribution in [2.45, 2.75) is 26.7 Å². The Morgan fingerprint density at radius 2 is 2.24 bits per heavy atom. The zero-order chi connectivity index (χ0) is 15.2. The van der Waals surface area contributed by atoms with Gasteiger partial charge in [-0.1, -0.05) is 30.7 Å². The predicted octanol–water partition coefficient (Wildman–Crippen LogP) is 2.82. The van der Waals surface area contributed by atoms with Crippen LogP contribution in [0.2, 0.25) is 0 Å². The summed E-state index contributed by atoms with van der Waals surface area (Å²) in [4.78, 5) is 23.3. The first kappa shape index (κ1) is 15.0. The second-order valence-electron chi connectivity index (χ2n) is 5.07. The molecule has 4 heteroatoms. The van der Waals surface area contributed by atoms with Crippen molar-refractivity contribution in [1.82, 2.24) is 5.32 Å². The van der Waals surface area contributed by atoms with Gasteiger partial charge in [0.2, 0.25) is 5.91 Å². The highest BCUT2D eigenvalue weighted by atomic mass is 16.2. The third-order valence-corrected chi connectivity index (χ3v) is 3.28. The lowest BCUT2D eigenvalue weighted by molar-refractivity contribution is -0.115. The summed E-state index contributed by atoms with van der Waals surface area (Å²) in [5.74, 6) is -0.150. The van der Waals surface area contributed by atoms with E-state index in [4.69, 9.17) is 0 Å². The molecule has 1 aromatic rings. The molecule has 0 fully saturated rings. The van der Waals surface area contributed by atoms with Crippen molar-refractivity contribution in [3.05, 3.63) is 53.1 Å². The van der Waals surface area contributed by atoms with Gasteiger partial charge in [0, 0.05) is 17.8 Å². The van der Waals surface area contributed by atoms with Gasteiger partial charge < -0.3 is 10.6 Å². The number of carbonyl (C=O) groups is 2. The number of carbonyl (C=O) groups excluding carboxylic acids is 2. The van der Waals surface area contributed by atoms with Crippen LogP contribution in [0.1, 0.15) is 36.2 Å². The van der Waals surface area contributed by atoms with E-state index in [9.17, 15) is 9.59 Å². The van der Waals surface area contributed by atoms with Gasteiger partial charge in [-0.15, -0.1) is 0 Å². The van der Waals surface area contributed by atoms with Crippen LogP contribution in [-0.2, 0) is 11.2 Å². The molecule has 0 radical (unpaired) electrons. The molecule has 0 bridgehead atoms. The highest BCUT2D eigenvalue weighted by Gasteiger charge is 2.18. The molecule has 0 saturated heterocycles. The SMILES string of the molecule is CC/C=C(C)/C=C\CNC(=O)c1ccc2c(c1)CC(=O)N2. The second-order valence-corrected chi connectivity index (χ2v) is 5.07. The Hall–Kier alpha value is -2.36. The predicted molar refractivity (Wildman–Crippen MR) is 84.3 cm³/mol. The molecule has 1 heterocycles. The van der Waals surface area contributed by atoms with Gasteiger partial charge in [0.15, 0.2) is 0 Å². The third kappa shape index (κ3) is 4.05. The Morgan fingerprint density at radius 3 is 3.00 bits per heavy atom.